The molecule has 26 heavy (non-hydrogen) atoms. The summed E-state index contributed by atoms with van der Waals surface area (Å²) in [5.41, 5.74) is 1.92. The molecule has 0 unspecified atom stereocenters. The summed E-state index contributed by atoms with van der Waals surface area (Å²) in [5, 5.41) is 33.4. The number of carbonyl (C=O) groups is 1. The second-order valence-electron chi connectivity index (χ2n) is 5.34. The second kappa shape index (κ2) is 6.68. The minimum atomic E-state index is -0.501. The molecule has 3 rings (SSSR count). The number of nitrogens with one attached hydrogen (secondary N) is 2. The van der Waals surface area contributed by atoms with E-state index in [0.717, 1.165) is 0 Å². The van der Waals surface area contributed by atoms with Crippen LogP contribution in [0.2, 0.25) is 0 Å². The van der Waals surface area contributed by atoms with Crippen molar-refractivity contribution in [2.75, 3.05) is 17.7 Å². The molecule has 7 nitrogen and oxygen atoms in total. The van der Waals surface area contributed by atoms with E-state index in [9.17, 15) is 10.1 Å². The van der Waals surface area contributed by atoms with Crippen molar-refractivity contribution in [3.8, 4) is 24.0 Å². The van der Waals surface area contributed by atoms with Crippen LogP contribution in [0.1, 0.15) is 16.7 Å². The van der Waals surface area contributed by atoms with Crippen molar-refractivity contribution in [1.82, 2.24) is 0 Å². The van der Waals surface area contributed by atoms with E-state index in [-0.39, 0.29) is 22.4 Å². The van der Waals surface area contributed by atoms with Gasteiger partial charge in [-0.15, -0.1) is 0 Å². The first-order valence-corrected chi connectivity index (χ1v) is 7.46. The maximum atomic E-state index is 12.5. The van der Waals surface area contributed by atoms with Crippen molar-refractivity contribution in [2.24, 2.45) is 0 Å². The number of allylic oxidation sites excluding steroid dienone is 1. The Morgan fingerprint density at radius 2 is 1.54 bits per heavy atom. The molecule has 2 aromatic rings. The summed E-state index contributed by atoms with van der Waals surface area (Å²) >= 11 is 0. The van der Waals surface area contributed by atoms with E-state index in [1.807, 2.05) is 18.2 Å². The number of nitriles is 3. The van der Waals surface area contributed by atoms with E-state index >= 15 is 0 Å². The lowest BCUT2D eigenvalue weighted by Crippen LogP contribution is -2.27. The summed E-state index contributed by atoms with van der Waals surface area (Å²) in [6.07, 6.45) is 0. The average molecular weight is 341 g/mol. The van der Waals surface area contributed by atoms with Gasteiger partial charge in [0.05, 0.1) is 35.2 Å². The lowest BCUT2D eigenvalue weighted by molar-refractivity contribution is -0.112. The molecule has 0 atom stereocenters. The number of anilines is 2. The first-order valence-electron chi connectivity index (χ1n) is 7.46. The lowest BCUT2D eigenvalue weighted by atomic mass is 10.0. The molecular formula is C19H11N5O2. The zero-order chi connectivity index (χ0) is 18.7. The molecule has 0 aliphatic carbocycles. The van der Waals surface area contributed by atoms with Gasteiger partial charge >= 0.3 is 0 Å². The zero-order valence-electron chi connectivity index (χ0n) is 13.6. The number of ether oxygens (including phenoxy) is 1. The van der Waals surface area contributed by atoms with E-state index in [1.165, 1.54) is 19.2 Å². The molecule has 7 heteroatoms. The van der Waals surface area contributed by atoms with E-state index in [4.69, 9.17) is 15.3 Å². The molecule has 2 N–H and O–H groups in total. The van der Waals surface area contributed by atoms with Gasteiger partial charge in [0.2, 0.25) is 0 Å². The van der Waals surface area contributed by atoms with Gasteiger partial charge in [-0.3, -0.25) is 4.79 Å². The Kier molecular flexibility index (Phi) is 4.26. The quantitative estimate of drug-likeness (QED) is 0.640. The number of rotatable bonds is 2. The Labute approximate surface area is 149 Å². The fourth-order valence-electron chi connectivity index (χ4n) is 2.57. The van der Waals surface area contributed by atoms with Crippen molar-refractivity contribution in [2.45, 2.75) is 0 Å². The summed E-state index contributed by atoms with van der Waals surface area (Å²) in [7, 11) is 1.54. The topological polar surface area (TPSA) is 122 Å². The standard InChI is InChI=1S/C19H11N5O2/c1-26-14-4-2-11(3-5-14)15(10-22)18-19(25)24-17-7-13(9-21)12(8-20)6-16(17)23-18/h2-7,23H,1H3,(H,24,25)/b18-15+. The lowest BCUT2D eigenvalue weighted by Gasteiger charge is -2.22. The smallest absolute Gasteiger partial charge is 0.273 e. The number of benzene rings is 2. The fraction of sp³-hybridized carbons (Fsp3) is 0.0526. The Bertz CT molecular complexity index is 1060. The predicted molar refractivity (Wildman–Crippen MR) is 93.7 cm³/mol. The molecule has 1 aliphatic rings. The van der Waals surface area contributed by atoms with Crippen molar-refractivity contribution in [3.63, 3.8) is 0 Å². The second-order valence-corrected chi connectivity index (χ2v) is 5.34. The van der Waals surface area contributed by atoms with Crippen LogP contribution in [0.4, 0.5) is 11.4 Å². The van der Waals surface area contributed by atoms with Crippen molar-refractivity contribution in [1.29, 1.82) is 15.8 Å². The SMILES string of the molecule is COc1ccc(/C(C#N)=C2/Nc3cc(C#N)c(C#N)cc3NC2=O)cc1. The van der Waals surface area contributed by atoms with Gasteiger partial charge < -0.3 is 15.4 Å². The molecule has 124 valence electrons. The number of carbonyl (C=O) groups excluding carboxylic acids is 1. The Morgan fingerprint density at radius 1 is 0.962 bits per heavy atom. The highest BCUT2D eigenvalue weighted by molar-refractivity contribution is 6.16. The van der Waals surface area contributed by atoms with Crippen LogP contribution in [0, 0.1) is 34.0 Å². The summed E-state index contributed by atoms with van der Waals surface area (Å²) in [6, 6.07) is 15.5. The molecule has 0 bridgehead atoms. The molecule has 2 aromatic carbocycles. The molecule has 0 spiro atoms. The highest BCUT2D eigenvalue weighted by Crippen LogP contribution is 2.33. The van der Waals surface area contributed by atoms with Gasteiger partial charge in [0.25, 0.3) is 5.91 Å². The van der Waals surface area contributed by atoms with Gasteiger partial charge in [0.15, 0.2) is 0 Å². The van der Waals surface area contributed by atoms with Crippen LogP contribution in [0.5, 0.6) is 5.75 Å². The molecule has 0 aromatic heterocycles. The van der Waals surface area contributed by atoms with Crippen LogP contribution in [0.3, 0.4) is 0 Å². The van der Waals surface area contributed by atoms with Gasteiger partial charge in [-0.1, -0.05) is 0 Å². The van der Waals surface area contributed by atoms with Crippen LogP contribution in [-0.4, -0.2) is 13.0 Å². The first kappa shape index (κ1) is 16.6. The number of fused-ring (bicyclic) bond motifs is 1. The van der Waals surface area contributed by atoms with E-state index in [2.05, 4.69) is 10.6 Å². The minimum absolute atomic E-state index is 0.0683. The van der Waals surface area contributed by atoms with Crippen LogP contribution in [0.25, 0.3) is 5.57 Å². The number of nitrogens with zero attached hydrogens (tertiary/aromatic N) is 3. The fourth-order valence-corrected chi connectivity index (χ4v) is 2.57. The summed E-state index contributed by atoms with van der Waals surface area (Å²) in [6.45, 7) is 0. The number of amides is 1. The van der Waals surface area contributed by atoms with Gasteiger partial charge in [-0.05, 0) is 42.0 Å². The highest BCUT2D eigenvalue weighted by Gasteiger charge is 2.25. The maximum Gasteiger partial charge on any atom is 0.273 e. The Balaban J connectivity index is 2.10. The highest BCUT2D eigenvalue weighted by atomic mass is 16.5. The van der Waals surface area contributed by atoms with Crippen molar-refractivity contribution < 1.29 is 9.53 Å². The summed E-state index contributed by atoms with van der Waals surface area (Å²) in [5.74, 6) is 0.128. The third-order valence-electron chi connectivity index (χ3n) is 3.87. The molecule has 1 heterocycles. The molecule has 0 saturated carbocycles. The zero-order valence-corrected chi connectivity index (χ0v) is 13.6. The third-order valence-corrected chi connectivity index (χ3v) is 3.87. The van der Waals surface area contributed by atoms with E-state index < -0.39 is 5.91 Å². The van der Waals surface area contributed by atoms with Gasteiger partial charge in [0.1, 0.15) is 29.7 Å². The Morgan fingerprint density at radius 3 is 2.04 bits per heavy atom. The molecule has 0 radical (unpaired) electrons. The monoisotopic (exact) mass is 341 g/mol. The maximum absolute atomic E-state index is 12.5. The third kappa shape index (κ3) is 2.80. The van der Waals surface area contributed by atoms with Crippen molar-refractivity contribution in [3.05, 3.63) is 58.8 Å². The average Bonchev–Trinajstić information content (AvgIpc) is 2.68. The van der Waals surface area contributed by atoms with Crippen LogP contribution >= 0.6 is 0 Å². The van der Waals surface area contributed by atoms with Gasteiger partial charge in [-0.2, -0.15) is 15.8 Å². The van der Waals surface area contributed by atoms with Gasteiger partial charge in [-0.25, -0.2) is 0 Å². The molecule has 1 amide bonds. The molecular weight excluding hydrogens is 330 g/mol. The number of methoxy groups -OCH3 is 1. The largest absolute Gasteiger partial charge is 0.497 e. The van der Waals surface area contributed by atoms with Crippen LogP contribution in [0.15, 0.2) is 42.1 Å². The Hall–Kier alpha value is -4.28. The van der Waals surface area contributed by atoms with E-state index in [0.29, 0.717) is 22.7 Å². The van der Waals surface area contributed by atoms with Crippen LogP contribution < -0.4 is 15.4 Å². The molecule has 1 aliphatic heterocycles. The molecule has 0 saturated heterocycles. The van der Waals surface area contributed by atoms with Crippen molar-refractivity contribution >= 4 is 22.9 Å². The number of hydrogen-bond acceptors (Lipinski definition) is 6. The molecule has 0 fully saturated rings. The minimum Gasteiger partial charge on any atom is -0.497 e. The summed E-state index contributed by atoms with van der Waals surface area (Å²) in [4.78, 5) is 12.5. The first-order chi connectivity index (χ1) is 12.6. The summed E-state index contributed by atoms with van der Waals surface area (Å²) < 4.78 is 5.09. The van der Waals surface area contributed by atoms with E-state index in [1.54, 1.807) is 24.3 Å². The van der Waals surface area contributed by atoms with Gasteiger partial charge in [0, 0.05) is 0 Å². The normalized spacial score (nSPS) is 13.8. The van der Waals surface area contributed by atoms with Crippen LogP contribution in [-0.2, 0) is 4.79 Å². The number of hydrogen-bond donors (Lipinski definition) is 2. The predicted octanol–water partition coefficient (Wildman–Crippen LogP) is 2.74.